The Morgan fingerprint density at radius 3 is 1.17 bits per heavy atom. The third-order valence-corrected chi connectivity index (χ3v) is 20.2. The Labute approximate surface area is 602 Å². The molecular formula is C72H132N2O28. The van der Waals surface area contributed by atoms with Crippen molar-refractivity contribution in [2.45, 2.75) is 392 Å². The summed E-state index contributed by atoms with van der Waals surface area (Å²) in [7, 11) is 0. The van der Waals surface area contributed by atoms with Crippen molar-refractivity contribution in [1.82, 2.24) is 10.6 Å². The zero-order chi connectivity index (χ0) is 74.5. The average molecular weight is 1470 g/mol. The van der Waals surface area contributed by atoms with Crippen molar-refractivity contribution in [1.29, 1.82) is 0 Å². The molecule has 0 aromatic carbocycles. The molecule has 0 radical (unpaired) electrons. The summed E-state index contributed by atoms with van der Waals surface area (Å²) in [5, 5.41) is 181. The molecule has 0 saturated carbocycles. The van der Waals surface area contributed by atoms with Gasteiger partial charge in [-0.1, -0.05) is 206 Å². The molecule has 27 atom stereocenters. The first-order valence-corrected chi connectivity index (χ1v) is 38.5. The highest BCUT2D eigenvalue weighted by atomic mass is 16.8. The van der Waals surface area contributed by atoms with E-state index in [-0.39, 0.29) is 12.3 Å². The van der Waals surface area contributed by atoms with Crippen LogP contribution in [0.3, 0.4) is 0 Å². The predicted octanol–water partition coefficient (Wildman–Crippen LogP) is 1.17. The zero-order valence-corrected chi connectivity index (χ0v) is 60.7. The first-order valence-electron chi connectivity index (χ1n) is 38.5. The number of carbonyl (C=O) groups is 2. The molecule has 18 N–H and O–H groups in total. The topological polar surface area (TPSA) is 474 Å². The van der Waals surface area contributed by atoms with Gasteiger partial charge in [0.2, 0.25) is 11.8 Å². The lowest BCUT2D eigenvalue weighted by Crippen LogP contribution is -2.70. The summed E-state index contributed by atoms with van der Waals surface area (Å²) < 4.78 is 58.4. The van der Waals surface area contributed by atoms with Gasteiger partial charge >= 0.3 is 0 Å². The van der Waals surface area contributed by atoms with Gasteiger partial charge in [-0.25, -0.2) is 0 Å². The van der Waals surface area contributed by atoms with Crippen molar-refractivity contribution in [3.63, 3.8) is 0 Å². The van der Waals surface area contributed by atoms with E-state index < -0.39 is 211 Å². The Balaban J connectivity index is 1.16. The molecule has 0 aromatic rings. The van der Waals surface area contributed by atoms with E-state index in [1.807, 2.05) is 6.08 Å². The molecule has 0 spiro atoms. The Kier molecular flexibility index (Phi) is 44.6. The van der Waals surface area contributed by atoms with Gasteiger partial charge in [0.1, 0.15) is 122 Å². The van der Waals surface area contributed by atoms with Crippen LogP contribution in [0.25, 0.3) is 0 Å². The minimum Gasteiger partial charge on any atom is -0.394 e. The SMILES string of the molecule is CCCCCCCCCCCCC/C=C/[C@@H](O)[C@H](CO[C@@H]1OC(CO)[C@@H](O[C@@H]2OC(CO)[C@H](O[C@@H]3OC(CO)[C@H](O)[C@H](O[C@@H]4OC(CO)[C@H](O)[C@H](O[C@@H]5OC(CO)[C@H](O)[C@H](O)C5O)C4NC(C)=O)C3O)[C@H](O)C2O)[C@H](O)C1O)NC(=O)CCCCCCCCCCCCCCCCCCCCC. The highest BCUT2D eigenvalue weighted by Gasteiger charge is 2.57. The van der Waals surface area contributed by atoms with E-state index in [4.69, 9.17) is 47.4 Å². The van der Waals surface area contributed by atoms with Gasteiger partial charge in [0, 0.05) is 13.3 Å². The second-order valence-electron chi connectivity index (χ2n) is 28.5. The molecule has 5 rings (SSSR count). The van der Waals surface area contributed by atoms with E-state index in [9.17, 15) is 91.3 Å². The number of hydrogen-bond acceptors (Lipinski definition) is 28. The third-order valence-electron chi connectivity index (χ3n) is 20.2. The molecule has 2 amide bonds. The lowest BCUT2D eigenvalue weighted by atomic mass is 9.94. The van der Waals surface area contributed by atoms with E-state index in [2.05, 4.69) is 24.5 Å². The molecule has 5 aliphatic heterocycles. The molecule has 0 aliphatic carbocycles. The number of ether oxygens (including phenoxy) is 10. The number of unbranched alkanes of at least 4 members (excludes halogenated alkanes) is 29. The fourth-order valence-electron chi connectivity index (χ4n) is 13.9. The summed E-state index contributed by atoms with van der Waals surface area (Å²) in [5.74, 6) is -1.13. The minimum absolute atomic E-state index is 0.199. The van der Waals surface area contributed by atoms with Crippen LogP contribution in [0.1, 0.15) is 226 Å². The lowest BCUT2D eigenvalue weighted by Gasteiger charge is -2.50. The molecule has 0 aromatic heterocycles. The zero-order valence-electron chi connectivity index (χ0n) is 60.7. The monoisotopic (exact) mass is 1470 g/mol. The molecule has 0 bridgehead atoms. The molecule has 5 heterocycles. The van der Waals surface area contributed by atoms with Gasteiger partial charge in [0.05, 0.1) is 51.8 Å². The van der Waals surface area contributed by atoms with E-state index >= 15 is 0 Å². The van der Waals surface area contributed by atoms with Crippen molar-refractivity contribution in [3.8, 4) is 0 Å². The largest absolute Gasteiger partial charge is 0.394 e. The number of aliphatic hydroxyl groups is 16. The van der Waals surface area contributed by atoms with Gasteiger partial charge < -0.3 is 140 Å². The number of aliphatic hydroxyl groups excluding tert-OH is 16. The molecule has 102 heavy (non-hydrogen) atoms. The second kappa shape index (κ2) is 50.4. The van der Waals surface area contributed by atoms with Crippen LogP contribution in [0.15, 0.2) is 12.2 Å². The van der Waals surface area contributed by atoms with Crippen LogP contribution in [-0.4, -0.2) is 299 Å². The maximum Gasteiger partial charge on any atom is 0.220 e. The highest BCUT2D eigenvalue weighted by molar-refractivity contribution is 5.76. The van der Waals surface area contributed by atoms with Crippen molar-refractivity contribution in [2.75, 3.05) is 39.6 Å². The quantitative estimate of drug-likeness (QED) is 0.0300. The minimum atomic E-state index is -2.19. The molecule has 10 unspecified atom stereocenters. The Bertz CT molecular complexity index is 2220. The maximum atomic E-state index is 13.5. The normalized spacial score (nSPS) is 35.2. The van der Waals surface area contributed by atoms with E-state index in [1.165, 1.54) is 141 Å². The number of rotatable bonds is 52. The van der Waals surface area contributed by atoms with Crippen molar-refractivity contribution < 1.29 is 139 Å². The summed E-state index contributed by atoms with van der Waals surface area (Å²) in [6, 6.07) is -2.74. The second-order valence-corrected chi connectivity index (χ2v) is 28.5. The average Bonchev–Trinajstić information content (AvgIpc) is 0.778. The van der Waals surface area contributed by atoms with Crippen molar-refractivity contribution in [2.24, 2.45) is 0 Å². The first kappa shape index (κ1) is 90.3. The summed E-state index contributed by atoms with van der Waals surface area (Å²) in [6.07, 6.45) is -5.79. The fraction of sp³-hybridized carbons (Fsp3) is 0.944. The van der Waals surface area contributed by atoms with E-state index in [1.54, 1.807) is 6.08 Å². The van der Waals surface area contributed by atoms with Crippen molar-refractivity contribution >= 4 is 11.8 Å². The van der Waals surface area contributed by atoms with Gasteiger partial charge in [-0.2, -0.15) is 0 Å². The first-order chi connectivity index (χ1) is 49.2. The number of amides is 2. The number of allylic oxidation sites excluding steroid dienone is 1. The van der Waals surface area contributed by atoms with Crippen LogP contribution in [-0.2, 0) is 57.0 Å². The third kappa shape index (κ3) is 29.2. The van der Waals surface area contributed by atoms with Gasteiger partial charge in [-0.05, 0) is 19.3 Å². The highest BCUT2D eigenvalue weighted by Crippen LogP contribution is 2.37. The number of carbonyl (C=O) groups excluding carboxylic acids is 2. The molecule has 598 valence electrons. The number of hydrogen-bond donors (Lipinski definition) is 18. The van der Waals surface area contributed by atoms with E-state index in [0.29, 0.717) is 12.8 Å². The number of nitrogens with one attached hydrogen (secondary N) is 2. The molecule has 30 nitrogen and oxygen atoms in total. The standard InChI is InChI=1S/C72H132N2O28/c1-4-6-8-10-12-14-16-18-19-20-21-22-23-25-27-29-31-33-35-37-52(82)74-45(46(81)36-34-32-30-28-26-24-17-15-13-11-9-7-5-2)43-93-69-61(90)58(87)64(50(41-78)97-69)99-71-62(91)59(88)65(51(42-79)98-71)100-72-63(92)67(56(85)49(40-77)96-72)102-68-53(73-44(3)80)66(55(84)48(39-76)94-68)101-70-60(89)57(86)54(83)47(38-75)95-70/h34,36,45-51,53-72,75-79,81,83-92H,4-33,35,37-43H2,1-3H3,(H,73,80)(H,74,82)/b36-34+/t45-,46+,47?,48?,49?,50?,51?,53?,54-,55-,56-,57-,58+,59+,60?,61?,62?,63?,64+,65-,66+,67-,68-,69+,70-,71-,72-/m0/s1. The van der Waals surface area contributed by atoms with Crippen LogP contribution in [0, 0.1) is 0 Å². The van der Waals surface area contributed by atoms with Crippen LogP contribution in [0.4, 0.5) is 0 Å². The smallest absolute Gasteiger partial charge is 0.220 e. The van der Waals surface area contributed by atoms with Crippen LogP contribution < -0.4 is 10.6 Å². The van der Waals surface area contributed by atoms with E-state index in [0.717, 1.165) is 51.9 Å². The molecule has 30 heteroatoms. The Morgan fingerprint density at radius 1 is 0.382 bits per heavy atom. The molecule has 5 fully saturated rings. The summed E-state index contributed by atoms with van der Waals surface area (Å²) in [4.78, 5) is 26.2. The lowest BCUT2D eigenvalue weighted by molar-refractivity contribution is -0.389. The van der Waals surface area contributed by atoms with Gasteiger partial charge in [-0.3, -0.25) is 9.59 Å². The Morgan fingerprint density at radius 2 is 0.725 bits per heavy atom. The Hall–Kier alpha value is -2.36. The van der Waals surface area contributed by atoms with Crippen LogP contribution in [0.5, 0.6) is 0 Å². The van der Waals surface area contributed by atoms with Crippen LogP contribution in [0.2, 0.25) is 0 Å². The summed E-state index contributed by atoms with van der Waals surface area (Å²) >= 11 is 0. The maximum absolute atomic E-state index is 13.5. The fourth-order valence-corrected chi connectivity index (χ4v) is 13.9. The predicted molar refractivity (Wildman–Crippen MR) is 368 cm³/mol. The van der Waals surface area contributed by atoms with Crippen molar-refractivity contribution in [3.05, 3.63) is 12.2 Å². The van der Waals surface area contributed by atoms with Gasteiger partial charge in [0.15, 0.2) is 31.5 Å². The summed E-state index contributed by atoms with van der Waals surface area (Å²) in [5.41, 5.74) is 0. The van der Waals surface area contributed by atoms with Gasteiger partial charge in [0.25, 0.3) is 0 Å². The molecule has 5 saturated heterocycles. The molecular weight excluding hydrogens is 1340 g/mol. The van der Waals surface area contributed by atoms with Crippen LogP contribution >= 0.6 is 0 Å². The summed E-state index contributed by atoms with van der Waals surface area (Å²) in [6.45, 7) is 0.360. The van der Waals surface area contributed by atoms with Gasteiger partial charge in [-0.15, -0.1) is 0 Å². The molecule has 5 aliphatic rings.